The van der Waals surface area contributed by atoms with E-state index >= 15 is 0 Å². The predicted octanol–water partition coefficient (Wildman–Crippen LogP) is 1.67. The van der Waals surface area contributed by atoms with Crippen LogP contribution in [0.4, 0.5) is 5.82 Å². The first-order valence-electron chi connectivity index (χ1n) is 5.55. The summed E-state index contributed by atoms with van der Waals surface area (Å²) in [5, 5.41) is 21.5. The molecule has 2 N–H and O–H groups in total. The SMILES string of the molecule is COc1ccc(CNc2nccnc2C#N)cc1O. The number of phenols is 1. The van der Waals surface area contributed by atoms with Gasteiger partial charge in [0.05, 0.1) is 7.11 Å². The second-order valence-corrected chi connectivity index (χ2v) is 3.73. The van der Waals surface area contributed by atoms with Crippen molar-refractivity contribution in [3.8, 4) is 17.6 Å². The van der Waals surface area contributed by atoms with E-state index in [1.54, 1.807) is 12.1 Å². The Bertz CT molecular complexity index is 622. The van der Waals surface area contributed by atoms with Gasteiger partial charge in [0.2, 0.25) is 0 Å². The number of benzene rings is 1. The highest BCUT2D eigenvalue weighted by Crippen LogP contribution is 2.26. The van der Waals surface area contributed by atoms with Crippen molar-refractivity contribution in [1.82, 2.24) is 9.97 Å². The monoisotopic (exact) mass is 256 g/mol. The quantitative estimate of drug-likeness (QED) is 0.864. The number of aromatic nitrogens is 2. The van der Waals surface area contributed by atoms with Gasteiger partial charge in [-0.05, 0) is 17.7 Å². The van der Waals surface area contributed by atoms with Gasteiger partial charge >= 0.3 is 0 Å². The zero-order chi connectivity index (χ0) is 13.7. The Morgan fingerprint density at radius 2 is 2.16 bits per heavy atom. The van der Waals surface area contributed by atoms with E-state index in [2.05, 4.69) is 15.3 Å². The van der Waals surface area contributed by atoms with Gasteiger partial charge in [-0.15, -0.1) is 0 Å². The maximum atomic E-state index is 9.66. The second kappa shape index (κ2) is 5.69. The number of nitriles is 1. The van der Waals surface area contributed by atoms with E-state index in [-0.39, 0.29) is 11.4 Å². The van der Waals surface area contributed by atoms with Crippen molar-refractivity contribution in [2.45, 2.75) is 6.54 Å². The molecular weight excluding hydrogens is 244 g/mol. The molecule has 1 aromatic carbocycles. The Balaban J connectivity index is 2.11. The molecule has 0 atom stereocenters. The van der Waals surface area contributed by atoms with Gasteiger partial charge in [0, 0.05) is 18.9 Å². The molecule has 19 heavy (non-hydrogen) atoms. The number of hydrogen-bond donors (Lipinski definition) is 2. The molecule has 0 amide bonds. The van der Waals surface area contributed by atoms with E-state index in [0.29, 0.717) is 18.1 Å². The zero-order valence-corrected chi connectivity index (χ0v) is 10.3. The van der Waals surface area contributed by atoms with Crippen LogP contribution < -0.4 is 10.1 Å². The van der Waals surface area contributed by atoms with Gasteiger partial charge in [-0.3, -0.25) is 0 Å². The Labute approximate surface area is 110 Å². The molecule has 0 saturated carbocycles. The van der Waals surface area contributed by atoms with E-state index < -0.39 is 0 Å². The van der Waals surface area contributed by atoms with Gasteiger partial charge in [0.25, 0.3) is 0 Å². The molecule has 6 heteroatoms. The van der Waals surface area contributed by atoms with Crippen LogP contribution in [0.25, 0.3) is 0 Å². The van der Waals surface area contributed by atoms with Crippen LogP contribution >= 0.6 is 0 Å². The summed E-state index contributed by atoms with van der Waals surface area (Å²) in [6, 6.07) is 7.04. The maximum absolute atomic E-state index is 9.66. The molecule has 0 saturated heterocycles. The van der Waals surface area contributed by atoms with Crippen molar-refractivity contribution in [3.05, 3.63) is 41.9 Å². The number of aromatic hydroxyl groups is 1. The third-order valence-electron chi connectivity index (χ3n) is 2.51. The van der Waals surface area contributed by atoms with Crippen LogP contribution in [0.15, 0.2) is 30.6 Å². The lowest BCUT2D eigenvalue weighted by atomic mass is 10.2. The number of methoxy groups -OCH3 is 1. The summed E-state index contributed by atoms with van der Waals surface area (Å²) in [5.41, 5.74) is 1.08. The van der Waals surface area contributed by atoms with Gasteiger partial charge in [-0.2, -0.15) is 5.26 Å². The van der Waals surface area contributed by atoms with Gasteiger partial charge in [0.15, 0.2) is 23.0 Å². The van der Waals surface area contributed by atoms with Crippen molar-refractivity contribution in [2.75, 3.05) is 12.4 Å². The lowest BCUT2D eigenvalue weighted by Gasteiger charge is -2.08. The summed E-state index contributed by atoms with van der Waals surface area (Å²) < 4.78 is 4.96. The Morgan fingerprint density at radius 3 is 2.84 bits per heavy atom. The van der Waals surface area contributed by atoms with E-state index in [4.69, 9.17) is 10.00 Å². The highest BCUT2D eigenvalue weighted by molar-refractivity contribution is 5.48. The summed E-state index contributed by atoms with van der Waals surface area (Å²) in [5.74, 6) is 0.905. The number of nitrogens with one attached hydrogen (secondary N) is 1. The number of phenolic OH excluding ortho intramolecular Hbond substituents is 1. The smallest absolute Gasteiger partial charge is 0.182 e. The molecule has 6 nitrogen and oxygen atoms in total. The average molecular weight is 256 g/mol. The highest BCUT2D eigenvalue weighted by atomic mass is 16.5. The molecule has 0 radical (unpaired) electrons. The van der Waals surface area contributed by atoms with Crippen molar-refractivity contribution < 1.29 is 9.84 Å². The van der Waals surface area contributed by atoms with Crippen LogP contribution in [0.3, 0.4) is 0 Å². The first-order chi connectivity index (χ1) is 9.24. The lowest BCUT2D eigenvalue weighted by Crippen LogP contribution is -2.04. The Kier molecular flexibility index (Phi) is 3.78. The van der Waals surface area contributed by atoms with Crippen LogP contribution in [0.5, 0.6) is 11.5 Å². The molecule has 0 unspecified atom stereocenters. The van der Waals surface area contributed by atoms with E-state index in [9.17, 15) is 5.11 Å². The number of ether oxygens (including phenoxy) is 1. The third kappa shape index (κ3) is 2.90. The molecule has 0 bridgehead atoms. The van der Waals surface area contributed by atoms with Crippen LogP contribution in [0.1, 0.15) is 11.3 Å². The molecule has 1 aromatic heterocycles. The first kappa shape index (κ1) is 12.6. The summed E-state index contributed by atoms with van der Waals surface area (Å²) in [4.78, 5) is 7.94. The van der Waals surface area contributed by atoms with Crippen molar-refractivity contribution in [3.63, 3.8) is 0 Å². The summed E-state index contributed by atoms with van der Waals surface area (Å²) in [6.07, 6.45) is 2.97. The highest BCUT2D eigenvalue weighted by Gasteiger charge is 2.05. The van der Waals surface area contributed by atoms with Crippen molar-refractivity contribution in [1.29, 1.82) is 5.26 Å². The third-order valence-corrected chi connectivity index (χ3v) is 2.51. The summed E-state index contributed by atoms with van der Waals surface area (Å²) >= 11 is 0. The van der Waals surface area contributed by atoms with E-state index in [0.717, 1.165) is 5.56 Å². The average Bonchev–Trinajstić information content (AvgIpc) is 2.45. The molecule has 2 aromatic rings. The molecular formula is C13H12N4O2. The van der Waals surface area contributed by atoms with Crippen LogP contribution in [-0.2, 0) is 6.54 Å². The van der Waals surface area contributed by atoms with Gasteiger partial charge in [-0.1, -0.05) is 6.07 Å². The number of anilines is 1. The fourth-order valence-electron chi connectivity index (χ4n) is 1.58. The minimum absolute atomic E-state index is 0.0708. The topological polar surface area (TPSA) is 91.1 Å². The molecule has 1 heterocycles. The van der Waals surface area contributed by atoms with Crippen LogP contribution in [0, 0.1) is 11.3 Å². The summed E-state index contributed by atoms with van der Waals surface area (Å²) in [7, 11) is 1.49. The summed E-state index contributed by atoms with van der Waals surface area (Å²) in [6.45, 7) is 0.422. The fraction of sp³-hybridized carbons (Fsp3) is 0.154. The standard InChI is InChI=1S/C13H12N4O2/c1-19-12-3-2-9(6-11(12)18)8-17-13-10(7-14)15-4-5-16-13/h2-6,18H,8H2,1H3,(H,16,17). The normalized spacial score (nSPS) is 9.68. The minimum atomic E-state index is 0.0708. The lowest BCUT2D eigenvalue weighted by molar-refractivity contribution is 0.373. The molecule has 2 rings (SSSR count). The van der Waals surface area contributed by atoms with E-state index in [1.807, 2.05) is 12.1 Å². The molecule has 0 aliphatic heterocycles. The molecule has 0 aliphatic rings. The van der Waals surface area contributed by atoms with Crippen molar-refractivity contribution in [2.24, 2.45) is 0 Å². The molecule has 96 valence electrons. The first-order valence-corrected chi connectivity index (χ1v) is 5.55. The van der Waals surface area contributed by atoms with E-state index in [1.165, 1.54) is 19.5 Å². The second-order valence-electron chi connectivity index (χ2n) is 3.73. The fourth-order valence-corrected chi connectivity index (χ4v) is 1.58. The van der Waals surface area contributed by atoms with Crippen LogP contribution in [-0.4, -0.2) is 22.2 Å². The predicted molar refractivity (Wildman–Crippen MR) is 68.7 cm³/mol. The minimum Gasteiger partial charge on any atom is -0.504 e. The molecule has 0 aliphatic carbocycles. The largest absolute Gasteiger partial charge is 0.504 e. The Morgan fingerprint density at radius 1 is 1.37 bits per heavy atom. The van der Waals surface area contributed by atoms with Crippen LogP contribution in [0.2, 0.25) is 0 Å². The van der Waals surface area contributed by atoms with Gasteiger partial charge in [0.1, 0.15) is 6.07 Å². The van der Waals surface area contributed by atoms with Crippen molar-refractivity contribution >= 4 is 5.82 Å². The molecule has 0 fully saturated rings. The zero-order valence-electron chi connectivity index (χ0n) is 10.3. The molecule has 0 spiro atoms. The Hall–Kier alpha value is -2.81. The number of nitrogens with zero attached hydrogens (tertiary/aromatic N) is 3. The maximum Gasteiger partial charge on any atom is 0.182 e. The number of rotatable bonds is 4. The number of hydrogen-bond acceptors (Lipinski definition) is 6. The van der Waals surface area contributed by atoms with Gasteiger partial charge < -0.3 is 15.2 Å². The van der Waals surface area contributed by atoms with Gasteiger partial charge in [-0.25, -0.2) is 9.97 Å².